The molecule has 0 bridgehead atoms. The van der Waals surface area contributed by atoms with Gasteiger partial charge in [-0.05, 0) is 41.2 Å². The highest BCUT2D eigenvalue weighted by Crippen LogP contribution is 2.42. The minimum Gasteiger partial charge on any atom is -0.480 e. The number of aliphatic carboxylic acids is 1. The Morgan fingerprint density at radius 2 is 1.93 bits per heavy atom. The molecule has 1 fully saturated rings. The summed E-state index contributed by atoms with van der Waals surface area (Å²) in [6.45, 7) is 6.09. The zero-order valence-electron chi connectivity index (χ0n) is 16.5. The summed E-state index contributed by atoms with van der Waals surface area (Å²) in [4.78, 5) is 12.0. The first-order chi connectivity index (χ1) is 13.5. The number of nitrogens with two attached hydrogens (primary N) is 1. The number of hydrogen-bond acceptors (Lipinski definition) is 3. The molecule has 0 amide bonds. The fraction of sp³-hybridized carbons (Fsp3) is 0.409. The van der Waals surface area contributed by atoms with Crippen molar-refractivity contribution >= 4 is 17.6 Å². The van der Waals surface area contributed by atoms with Gasteiger partial charge in [-0.2, -0.15) is 0 Å². The summed E-state index contributed by atoms with van der Waals surface area (Å²) in [7, 11) is 0. The second kappa shape index (κ2) is 8.01. The Labute approximate surface area is 174 Å². The van der Waals surface area contributed by atoms with E-state index in [1.54, 1.807) is 12.1 Å². The van der Waals surface area contributed by atoms with Crippen LogP contribution in [0.25, 0.3) is 11.1 Å². The molecule has 1 aliphatic rings. The molecule has 2 aromatic carbocycles. The first-order valence-corrected chi connectivity index (χ1v) is 9.85. The Bertz CT molecular complexity index is 930. The van der Waals surface area contributed by atoms with Crippen molar-refractivity contribution < 1.29 is 18.7 Å². The predicted molar refractivity (Wildman–Crippen MR) is 110 cm³/mol. The second-order valence-corrected chi connectivity index (χ2v) is 9.20. The standard InChI is InChI=1S/C22H25ClF2N2O2/c1-22(2,3)10-15-19(26)17(20(27-15)21(28)29)16-13(7-8-14(23)18(16)25)11-5-4-6-12(24)9-11/h4-9,15,17,19-20,27H,10,26H2,1-3H3,(H,28,29). The molecule has 7 heteroatoms. The average molecular weight is 423 g/mol. The van der Waals surface area contributed by atoms with Gasteiger partial charge in [0.05, 0.1) is 5.02 Å². The van der Waals surface area contributed by atoms with Crippen LogP contribution in [0.15, 0.2) is 36.4 Å². The van der Waals surface area contributed by atoms with Gasteiger partial charge in [-0.15, -0.1) is 0 Å². The number of carboxylic acids is 1. The van der Waals surface area contributed by atoms with E-state index in [0.717, 1.165) is 0 Å². The van der Waals surface area contributed by atoms with Crippen LogP contribution in [-0.2, 0) is 4.79 Å². The van der Waals surface area contributed by atoms with Gasteiger partial charge in [0, 0.05) is 23.6 Å². The molecule has 4 atom stereocenters. The van der Waals surface area contributed by atoms with Crippen molar-refractivity contribution in [3.05, 3.63) is 58.6 Å². The molecule has 3 rings (SSSR count). The average Bonchev–Trinajstić information content (AvgIpc) is 2.92. The molecule has 29 heavy (non-hydrogen) atoms. The summed E-state index contributed by atoms with van der Waals surface area (Å²) in [5, 5.41) is 12.8. The Balaban J connectivity index is 2.17. The smallest absolute Gasteiger partial charge is 0.321 e. The Kier molecular flexibility index (Phi) is 5.99. The third-order valence-corrected chi connectivity index (χ3v) is 5.62. The van der Waals surface area contributed by atoms with Crippen molar-refractivity contribution in [1.29, 1.82) is 0 Å². The molecule has 0 radical (unpaired) electrons. The minimum atomic E-state index is -1.12. The highest BCUT2D eigenvalue weighted by molar-refractivity contribution is 6.31. The first-order valence-electron chi connectivity index (χ1n) is 9.48. The van der Waals surface area contributed by atoms with Crippen LogP contribution in [0.4, 0.5) is 8.78 Å². The van der Waals surface area contributed by atoms with Gasteiger partial charge >= 0.3 is 5.97 Å². The quantitative estimate of drug-likeness (QED) is 0.675. The molecule has 1 heterocycles. The van der Waals surface area contributed by atoms with E-state index in [1.165, 1.54) is 24.3 Å². The van der Waals surface area contributed by atoms with E-state index in [4.69, 9.17) is 17.3 Å². The highest BCUT2D eigenvalue weighted by Gasteiger charge is 2.48. The Morgan fingerprint density at radius 3 is 2.52 bits per heavy atom. The van der Waals surface area contributed by atoms with Crippen LogP contribution in [0.1, 0.15) is 38.7 Å². The molecule has 4 N–H and O–H groups in total. The van der Waals surface area contributed by atoms with Gasteiger partial charge in [0.1, 0.15) is 17.7 Å². The van der Waals surface area contributed by atoms with E-state index in [0.29, 0.717) is 17.5 Å². The third kappa shape index (κ3) is 4.44. The fourth-order valence-corrected chi connectivity index (χ4v) is 4.32. The van der Waals surface area contributed by atoms with Gasteiger partial charge in [0.25, 0.3) is 0 Å². The topological polar surface area (TPSA) is 75.3 Å². The van der Waals surface area contributed by atoms with Crippen molar-refractivity contribution in [3.63, 3.8) is 0 Å². The fourth-order valence-electron chi connectivity index (χ4n) is 4.16. The number of carbonyl (C=O) groups is 1. The number of halogens is 3. The molecule has 1 aliphatic heterocycles. The zero-order valence-corrected chi connectivity index (χ0v) is 17.3. The van der Waals surface area contributed by atoms with Gasteiger partial charge in [-0.25, -0.2) is 8.78 Å². The lowest BCUT2D eigenvalue weighted by Crippen LogP contribution is -2.41. The van der Waals surface area contributed by atoms with Gasteiger partial charge in [0.15, 0.2) is 0 Å². The number of benzene rings is 2. The maximum atomic E-state index is 15.3. The van der Waals surface area contributed by atoms with E-state index >= 15 is 4.39 Å². The van der Waals surface area contributed by atoms with Crippen LogP contribution in [0.3, 0.4) is 0 Å². The number of rotatable bonds is 4. The van der Waals surface area contributed by atoms with Gasteiger partial charge in [-0.3, -0.25) is 10.1 Å². The molecule has 0 spiro atoms. The lowest BCUT2D eigenvalue weighted by molar-refractivity contribution is -0.139. The van der Waals surface area contributed by atoms with Crippen LogP contribution >= 0.6 is 11.6 Å². The molecule has 4 nitrogen and oxygen atoms in total. The molecule has 2 aromatic rings. The maximum Gasteiger partial charge on any atom is 0.321 e. The summed E-state index contributed by atoms with van der Waals surface area (Å²) in [6, 6.07) is 6.64. The van der Waals surface area contributed by atoms with Crippen LogP contribution in [-0.4, -0.2) is 29.2 Å². The molecule has 4 unspecified atom stereocenters. The predicted octanol–water partition coefficient (Wildman–Crippen LogP) is 4.56. The monoisotopic (exact) mass is 422 g/mol. The van der Waals surface area contributed by atoms with Crippen molar-refractivity contribution in [2.75, 3.05) is 0 Å². The first kappa shape index (κ1) is 21.7. The van der Waals surface area contributed by atoms with E-state index in [2.05, 4.69) is 5.32 Å². The molecular formula is C22H25ClF2N2O2. The van der Waals surface area contributed by atoms with Crippen molar-refractivity contribution in [1.82, 2.24) is 5.32 Å². The minimum absolute atomic E-state index is 0.104. The molecule has 0 aromatic heterocycles. The Hall–Kier alpha value is -2.02. The largest absolute Gasteiger partial charge is 0.480 e. The second-order valence-electron chi connectivity index (χ2n) is 8.79. The molecule has 156 valence electrons. The normalized spacial score (nSPS) is 24.7. The summed E-state index contributed by atoms with van der Waals surface area (Å²) in [5.41, 5.74) is 7.30. The lowest BCUT2D eigenvalue weighted by atomic mass is 9.79. The SMILES string of the molecule is CC(C)(C)CC1NC(C(=O)O)C(c2c(-c3cccc(F)c3)ccc(Cl)c2F)C1N. The van der Waals surface area contributed by atoms with Gasteiger partial charge in [0.2, 0.25) is 0 Å². The number of carboxylic acid groups (broad SMARTS) is 1. The maximum absolute atomic E-state index is 15.3. The molecule has 0 saturated carbocycles. The van der Waals surface area contributed by atoms with E-state index in [-0.39, 0.29) is 22.0 Å². The van der Waals surface area contributed by atoms with Gasteiger partial charge < -0.3 is 10.8 Å². The van der Waals surface area contributed by atoms with Crippen LogP contribution in [0, 0.1) is 17.0 Å². The lowest BCUT2D eigenvalue weighted by Gasteiger charge is -2.28. The molecule has 1 saturated heterocycles. The summed E-state index contributed by atoms with van der Waals surface area (Å²) >= 11 is 6.04. The van der Waals surface area contributed by atoms with Gasteiger partial charge in [-0.1, -0.05) is 50.6 Å². The summed E-state index contributed by atoms with van der Waals surface area (Å²) < 4.78 is 29.1. The van der Waals surface area contributed by atoms with Crippen molar-refractivity contribution in [2.24, 2.45) is 11.1 Å². The highest BCUT2D eigenvalue weighted by atomic mass is 35.5. The van der Waals surface area contributed by atoms with E-state index < -0.39 is 35.6 Å². The Morgan fingerprint density at radius 1 is 1.24 bits per heavy atom. The summed E-state index contributed by atoms with van der Waals surface area (Å²) in [5.74, 6) is -3.18. The van der Waals surface area contributed by atoms with Crippen LogP contribution in [0.2, 0.25) is 5.02 Å². The van der Waals surface area contributed by atoms with E-state index in [1.807, 2.05) is 20.8 Å². The third-order valence-electron chi connectivity index (χ3n) is 5.33. The van der Waals surface area contributed by atoms with E-state index in [9.17, 15) is 14.3 Å². The number of hydrogen-bond donors (Lipinski definition) is 3. The zero-order chi connectivity index (χ0) is 21.5. The van der Waals surface area contributed by atoms with Crippen LogP contribution < -0.4 is 11.1 Å². The van der Waals surface area contributed by atoms with Crippen molar-refractivity contribution in [2.45, 2.75) is 51.2 Å². The molecule has 0 aliphatic carbocycles. The van der Waals surface area contributed by atoms with Crippen LogP contribution in [0.5, 0.6) is 0 Å². The number of nitrogens with one attached hydrogen (secondary N) is 1. The molecular weight excluding hydrogens is 398 g/mol. The van der Waals surface area contributed by atoms with Crippen molar-refractivity contribution in [3.8, 4) is 11.1 Å². The summed E-state index contributed by atoms with van der Waals surface area (Å²) in [6.07, 6.45) is 0.617.